The van der Waals surface area contributed by atoms with Crippen LogP contribution in [0.1, 0.15) is 18.5 Å². The van der Waals surface area contributed by atoms with Gasteiger partial charge < -0.3 is 10.8 Å². The Morgan fingerprint density at radius 1 is 1.53 bits per heavy atom. The minimum Gasteiger partial charge on any atom is -0.508 e. The zero-order valence-corrected chi connectivity index (χ0v) is 9.07. The highest BCUT2D eigenvalue weighted by atomic mass is 19.1. The number of phenols is 1. The van der Waals surface area contributed by atoms with Gasteiger partial charge in [-0.15, -0.1) is 0 Å². The van der Waals surface area contributed by atoms with Gasteiger partial charge in [0.05, 0.1) is 0 Å². The van der Waals surface area contributed by atoms with Crippen LogP contribution in [0, 0.1) is 5.82 Å². The van der Waals surface area contributed by atoms with Crippen LogP contribution in [0.2, 0.25) is 0 Å². The highest BCUT2D eigenvalue weighted by Gasteiger charge is 2.15. The smallest absolute Gasteiger partial charge is 0.131 e. The Hall–Kier alpha value is -1.13. The number of likely N-dealkylation sites (N-methyl/N-ethyl adjacent to an activating group) is 1. The number of aromatic hydroxyl groups is 1. The Labute approximate surface area is 89.3 Å². The molecule has 0 aliphatic heterocycles. The molecule has 1 rings (SSSR count). The van der Waals surface area contributed by atoms with E-state index >= 15 is 0 Å². The molecule has 1 aromatic carbocycles. The van der Waals surface area contributed by atoms with Crippen LogP contribution in [-0.4, -0.2) is 30.1 Å². The van der Waals surface area contributed by atoms with Gasteiger partial charge in [0.25, 0.3) is 0 Å². The van der Waals surface area contributed by atoms with Gasteiger partial charge in [-0.2, -0.15) is 0 Å². The highest BCUT2D eigenvalue weighted by molar-refractivity contribution is 5.29. The number of nitrogens with two attached hydrogens (primary N) is 1. The summed E-state index contributed by atoms with van der Waals surface area (Å²) in [5.41, 5.74) is 6.00. The molecule has 0 fully saturated rings. The van der Waals surface area contributed by atoms with Crippen LogP contribution in [0.15, 0.2) is 18.2 Å². The fourth-order valence-corrected chi connectivity index (χ4v) is 1.49. The summed E-state index contributed by atoms with van der Waals surface area (Å²) in [5.74, 6) is -0.434. The minimum atomic E-state index is -0.383. The van der Waals surface area contributed by atoms with E-state index in [1.54, 1.807) is 6.07 Å². The lowest BCUT2D eigenvalue weighted by molar-refractivity contribution is 0.263. The number of nitrogens with zero attached hydrogens (tertiary/aromatic N) is 1. The quantitative estimate of drug-likeness (QED) is 0.794. The summed E-state index contributed by atoms with van der Waals surface area (Å²) in [5, 5.41) is 9.09. The van der Waals surface area contributed by atoms with Crippen molar-refractivity contribution in [3.8, 4) is 5.75 Å². The summed E-state index contributed by atoms with van der Waals surface area (Å²) in [6.07, 6.45) is 0. The standard InChI is InChI=1S/C11H17FN2O/c1-8(14(2)6-5-13)10-4-3-9(15)7-11(10)12/h3-4,7-8,15H,5-6,13H2,1-2H3. The molecule has 15 heavy (non-hydrogen) atoms. The fraction of sp³-hybridized carbons (Fsp3) is 0.455. The van der Waals surface area contributed by atoms with Crippen molar-refractivity contribution in [1.29, 1.82) is 0 Å². The highest BCUT2D eigenvalue weighted by Crippen LogP contribution is 2.24. The zero-order valence-electron chi connectivity index (χ0n) is 9.07. The number of hydrogen-bond acceptors (Lipinski definition) is 3. The predicted molar refractivity (Wildman–Crippen MR) is 58.2 cm³/mol. The maximum absolute atomic E-state index is 13.5. The molecule has 0 saturated carbocycles. The van der Waals surface area contributed by atoms with E-state index in [1.807, 2.05) is 18.9 Å². The first kappa shape index (κ1) is 11.9. The number of halogens is 1. The summed E-state index contributed by atoms with van der Waals surface area (Å²) in [4.78, 5) is 1.97. The monoisotopic (exact) mass is 212 g/mol. The Morgan fingerprint density at radius 3 is 2.73 bits per heavy atom. The molecule has 0 bridgehead atoms. The Balaban J connectivity index is 2.86. The van der Waals surface area contributed by atoms with Gasteiger partial charge >= 0.3 is 0 Å². The molecule has 0 heterocycles. The summed E-state index contributed by atoms with van der Waals surface area (Å²) < 4.78 is 13.5. The normalized spacial score (nSPS) is 13.1. The largest absolute Gasteiger partial charge is 0.508 e. The van der Waals surface area contributed by atoms with Crippen molar-refractivity contribution in [2.75, 3.05) is 20.1 Å². The van der Waals surface area contributed by atoms with E-state index in [0.29, 0.717) is 18.7 Å². The molecular formula is C11H17FN2O. The Morgan fingerprint density at radius 2 is 2.20 bits per heavy atom. The van der Waals surface area contributed by atoms with Crippen molar-refractivity contribution < 1.29 is 9.50 Å². The third kappa shape index (κ3) is 2.91. The van der Waals surface area contributed by atoms with Crippen LogP contribution >= 0.6 is 0 Å². The topological polar surface area (TPSA) is 49.5 Å². The second-order valence-electron chi connectivity index (χ2n) is 3.65. The second-order valence-corrected chi connectivity index (χ2v) is 3.65. The van der Waals surface area contributed by atoms with Gasteiger partial charge in [0, 0.05) is 30.8 Å². The van der Waals surface area contributed by atoms with Crippen molar-refractivity contribution >= 4 is 0 Å². The Bertz CT molecular complexity index is 330. The third-order valence-corrected chi connectivity index (χ3v) is 2.58. The molecule has 0 amide bonds. The van der Waals surface area contributed by atoms with E-state index < -0.39 is 0 Å². The molecule has 0 saturated heterocycles. The summed E-state index contributed by atoms with van der Waals surface area (Å²) >= 11 is 0. The van der Waals surface area contributed by atoms with Crippen LogP contribution in [0.25, 0.3) is 0 Å². The molecular weight excluding hydrogens is 195 g/mol. The first-order valence-electron chi connectivity index (χ1n) is 4.95. The van der Waals surface area contributed by atoms with E-state index in [2.05, 4.69) is 0 Å². The van der Waals surface area contributed by atoms with Gasteiger partial charge in [-0.3, -0.25) is 4.90 Å². The van der Waals surface area contributed by atoms with E-state index in [1.165, 1.54) is 6.07 Å². The number of hydrogen-bond donors (Lipinski definition) is 2. The first-order chi connectivity index (χ1) is 7.06. The maximum Gasteiger partial charge on any atom is 0.131 e. The van der Waals surface area contributed by atoms with Gasteiger partial charge in [0.2, 0.25) is 0 Å². The van der Waals surface area contributed by atoms with Crippen molar-refractivity contribution in [2.24, 2.45) is 5.73 Å². The second kappa shape index (κ2) is 5.09. The third-order valence-electron chi connectivity index (χ3n) is 2.58. The molecule has 1 aromatic rings. The lowest BCUT2D eigenvalue weighted by Crippen LogP contribution is -2.28. The number of benzene rings is 1. The number of rotatable bonds is 4. The van der Waals surface area contributed by atoms with Gasteiger partial charge in [-0.05, 0) is 20.0 Å². The van der Waals surface area contributed by atoms with Crippen LogP contribution in [0.3, 0.4) is 0 Å². The van der Waals surface area contributed by atoms with Crippen LogP contribution in [0.4, 0.5) is 4.39 Å². The van der Waals surface area contributed by atoms with Crippen molar-refractivity contribution in [3.05, 3.63) is 29.6 Å². The van der Waals surface area contributed by atoms with Crippen molar-refractivity contribution in [1.82, 2.24) is 4.90 Å². The summed E-state index contributed by atoms with van der Waals surface area (Å²) in [7, 11) is 1.89. The maximum atomic E-state index is 13.5. The zero-order chi connectivity index (χ0) is 11.4. The lowest BCUT2D eigenvalue weighted by Gasteiger charge is -2.24. The van der Waals surface area contributed by atoms with Crippen LogP contribution < -0.4 is 5.73 Å². The fourth-order valence-electron chi connectivity index (χ4n) is 1.49. The molecule has 0 spiro atoms. The molecule has 0 aromatic heterocycles. The van der Waals surface area contributed by atoms with E-state index in [4.69, 9.17) is 10.8 Å². The molecule has 1 atom stereocenters. The Kier molecular flexibility index (Phi) is 4.05. The van der Waals surface area contributed by atoms with E-state index in [-0.39, 0.29) is 17.6 Å². The molecule has 3 nitrogen and oxygen atoms in total. The summed E-state index contributed by atoms with van der Waals surface area (Å²) in [6.45, 7) is 3.16. The average Bonchev–Trinajstić information content (AvgIpc) is 2.17. The molecule has 1 unspecified atom stereocenters. The van der Waals surface area contributed by atoms with Crippen LogP contribution in [-0.2, 0) is 0 Å². The molecule has 3 N–H and O–H groups in total. The van der Waals surface area contributed by atoms with Crippen molar-refractivity contribution in [2.45, 2.75) is 13.0 Å². The molecule has 84 valence electrons. The SMILES string of the molecule is CC(c1ccc(O)cc1F)N(C)CCN. The average molecular weight is 212 g/mol. The van der Waals surface area contributed by atoms with Gasteiger partial charge in [0.1, 0.15) is 11.6 Å². The molecule has 0 aliphatic rings. The molecule has 4 heteroatoms. The minimum absolute atomic E-state index is 0.0471. The van der Waals surface area contributed by atoms with Crippen molar-refractivity contribution in [3.63, 3.8) is 0 Å². The predicted octanol–water partition coefficient (Wildman–Crippen LogP) is 1.48. The van der Waals surface area contributed by atoms with Gasteiger partial charge in [0.15, 0.2) is 0 Å². The molecule has 0 aliphatic carbocycles. The van der Waals surface area contributed by atoms with Gasteiger partial charge in [-0.25, -0.2) is 4.39 Å². The first-order valence-corrected chi connectivity index (χ1v) is 4.95. The van der Waals surface area contributed by atoms with Gasteiger partial charge in [-0.1, -0.05) is 6.07 Å². The number of phenolic OH excluding ortho intramolecular Hbond substituents is 1. The lowest BCUT2D eigenvalue weighted by atomic mass is 10.1. The molecule has 0 radical (unpaired) electrons. The van der Waals surface area contributed by atoms with Crippen LogP contribution in [0.5, 0.6) is 5.75 Å². The van der Waals surface area contributed by atoms with E-state index in [0.717, 1.165) is 6.07 Å². The summed E-state index contributed by atoms with van der Waals surface area (Å²) in [6, 6.07) is 4.17. The van der Waals surface area contributed by atoms with E-state index in [9.17, 15) is 4.39 Å².